The first-order valence-electron chi connectivity index (χ1n) is 10.5. The van der Waals surface area contributed by atoms with E-state index >= 15 is 0 Å². The molecule has 0 saturated carbocycles. The predicted molar refractivity (Wildman–Crippen MR) is 120 cm³/mol. The lowest BCUT2D eigenvalue weighted by Crippen LogP contribution is -2.32. The number of hydrogen-bond acceptors (Lipinski definition) is 3. The van der Waals surface area contributed by atoms with Crippen molar-refractivity contribution in [1.29, 1.82) is 0 Å². The molecule has 4 nitrogen and oxygen atoms in total. The van der Waals surface area contributed by atoms with E-state index in [-0.39, 0.29) is 5.91 Å². The minimum absolute atomic E-state index is 0.119. The molecule has 1 N–H and O–H groups in total. The number of nitrogens with one attached hydrogen (secondary N) is 1. The summed E-state index contributed by atoms with van der Waals surface area (Å²) >= 11 is 0. The third kappa shape index (κ3) is 4.70. The van der Waals surface area contributed by atoms with Crippen LogP contribution in [-0.2, 0) is 4.79 Å². The van der Waals surface area contributed by atoms with Gasteiger partial charge in [-0.1, -0.05) is 37.3 Å². The van der Waals surface area contributed by atoms with Crippen LogP contribution in [0.15, 0.2) is 66.7 Å². The highest BCUT2D eigenvalue weighted by atomic mass is 16.5. The highest BCUT2D eigenvalue weighted by Gasteiger charge is 2.19. The van der Waals surface area contributed by atoms with E-state index in [4.69, 9.17) is 4.74 Å². The van der Waals surface area contributed by atoms with Crippen molar-refractivity contribution >= 4 is 28.1 Å². The zero-order valence-electron chi connectivity index (χ0n) is 16.9. The topological polar surface area (TPSA) is 41.6 Å². The monoisotopic (exact) mass is 388 g/mol. The number of fused-ring (bicyclic) bond motifs is 1. The van der Waals surface area contributed by atoms with Gasteiger partial charge in [0, 0.05) is 24.5 Å². The SMILES string of the molecule is CC[C@@H](Oc1ccc2ccccc2c1)C(=O)Nc1ccc(N2CCCCC2)cc1. The zero-order valence-corrected chi connectivity index (χ0v) is 16.9. The fourth-order valence-electron chi connectivity index (χ4n) is 3.86. The quantitative estimate of drug-likeness (QED) is 0.595. The van der Waals surface area contributed by atoms with E-state index in [1.165, 1.54) is 24.9 Å². The maximum Gasteiger partial charge on any atom is 0.265 e. The van der Waals surface area contributed by atoms with E-state index in [1.54, 1.807) is 0 Å². The Morgan fingerprint density at radius 1 is 0.966 bits per heavy atom. The summed E-state index contributed by atoms with van der Waals surface area (Å²) in [4.78, 5) is 15.2. The number of carbonyl (C=O) groups is 1. The van der Waals surface area contributed by atoms with Gasteiger partial charge in [-0.25, -0.2) is 0 Å². The molecule has 29 heavy (non-hydrogen) atoms. The molecule has 4 heteroatoms. The molecule has 3 aromatic rings. The van der Waals surface area contributed by atoms with Crippen molar-refractivity contribution in [3.8, 4) is 5.75 Å². The van der Waals surface area contributed by atoms with Gasteiger partial charge >= 0.3 is 0 Å². The van der Waals surface area contributed by atoms with E-state index in [0.29, 0.717) is 12.2 Å². The Balaban J connectivity index is 1.40. The number of nitrogens with zero attached hydrogens (tertiary/aromatic N) is 1. The van der Waals surface area contributed by atoms with Crippen molar-refractivity contribution < 1.29 is 9.53 Å². The van der Waals surface area contributed by atoms with Gasteiger partial charge in [0.2, 0.25) is 0 Å². The minimum Gasteiger partial charge on any atom is -0.481 e. The largest absolute Gasteiger partial charge is 0.481 e. The number of carbonyl (C=O) groups excluding carboxylic acids is 1. The Morgan fingerprint density at radius 3 is 2.41 bits per heavy atom. The molecule has 1 amide bonds. The Hall–Kier alpha value is -3.01. The van der Waals surface area contributed by atoms with Crippen LogP contribution in [-0.4, -0.2) is 25.1 Å². The number of benzene rings is 3. The van der Waals surface area contributed by atoms with Crippen LogP contribution < -0.4 is 15.0 Å². The molecule has 1 fully saturated rings. The van der Waals surface area contributed by atoms with Crippen molar-refractivity contribution in [1.82, 2.24) is 0 Å². The van der Waals surface area contributed by atoms with Gasteiger partial charge in [0.1, 0.15) is 5.75 Å². The lowest BCUT2D eigenvalue weighted by atomic mass is 10.1. The lowest BCUT2D eigenvalue weighted by molar-refractivity contribution is -0.122. The summed E-state index contributed by atoms with van der Waals surface area (Å²) in [5.41, 5.74) is 2.03. The van der Waals surface area contributed by atoms with Crippen LogP contribution in [0.4, 0.5) is 11.4 Å². The Labute approximate surface area is 172 Å². The minimum atomic E-state index is -0.530. The van der Waals surface area contributed by atoms with E-state index in [0.717, 1.165) is 29.5 Å². The maximum atomic E-state index is 12.8. The molecule has 0 unspecified atom stereocenters. The van der Waals surface area contributed by atoms with Gasteiger partial charge in [-0.3, -0.25) is 4.79 Å². The van der Waals surface area contributed by atoms with Crippen LogP contribution in [0.1, 0.15) is 32.6 Å². The van der Waals surface area contributed by atoms with Gasteiger partial charge in [0.15, 0.2) is 6.10 Å². The number of anilines is 2. The number of hydrogen-bond donors (Lipinski definition) is 1. The highest BCUT2D eigenvalue weighted by Crippen LogP contribution is 2.24. The second-order valence-corrected chi connectivity index (χ2v) is 7.61. The lowest BCUT2D eigenvalue weighted by Gasteiger charge is -2.28. The van der Waals surface area contributed by atoms with Gasteiger partial charge in [-0.15, -0.1) is 0 Å². The smallest absolute Gasteiger partial charge is 0.265 e. The maximum absolute atomic E-state index is 12.8. The van der Waals surface area contributed by atoms with Gasteiger partial charge in [0.05, 0.1) is 0 Å². The predicted octanol–water partition coefficient (Wildman–Crippen LogP) is 5.63. The molecule has 0 bridgehead atoms. The number of amides is 1. The number of ether oxygens (including phenoxy) is 1. The van der Waals surface area contributed by atoms with E-state index in [1.807, 2.05) is 55.5 Å². The van der Waals surface area contributed by atoms with E-state index in [9.17, 15) is 4.79 Å². The van der Waals surface area contributed by atoms with Crippen LogP contribution in [0, 0.1) is 0 Å². The molecule has 1 atom stereocenters. The Morgan fingerprint density at radius 2 is 1.69 bits per heavy atom. The second kappa shape index (κ2) is 8.99. The van der Waals surface area contributed by atoms with Gasteiger partial charge in [-0.2, -0.15) is 0 Å². The summed E-state index contributed by atoms with van der Waals surface area (Å²) in [5.74, 6) is 0.595. The van der Waals surface area contributed by atoms with Crippen molar-refractivity contribution in [2.24, 2.45) is 0 Å². The number of rotatable bonds is 6. The standard InChI is InChI=1S/C25H28N2O2/c1-2-24(29-23-15-10-19-8-4-5-9-20(19)18-23)25(28)26-21-11-13-22(14-12-21)27-16-6-3-7-17-27/h4-5,8-15,18,24H,2-3,6-7,16-17H2,1H3,(H,26,28)/t24-/m1/s1. The highest BCUT2D eigenvalue weighted by molar-refractivity contribution is 5.94. The van der Waals surface area contributed by atoms with Crippen LogP contribution in [0.5, 0.6) is 5.75 Å². The van der Waals surface area contributed by atoms with Crippen molar-refractivity contribution in [2.45, 2.75) is 38.7 Å². The van der Waals surface area contributed by atoms with E-state index < -0.39 is 6.10 Å². The first-order valence-corrected chi connectivity index (χ1v) is 10.5. The first kappa shape index (κ1) is 19.3. The van der Waals surface area contributed by atoms with Crippen molar-refractivity contribution in [3.63, 3.8) is 0 Å². The van der Waals surface area contributed by atoms with Gasteiger partial charge in [-0.05, 0) is 72.9 Å². The molecule has 0 spiro atoms. The van der Waals surface area contributed by atoms with E-state index in [2.05, 4.69) is 28.4 Å². The molecule has 1 aliphatic heterocycles. The van der Waals surface area contributed by atoms with Crippen LogP contribution in [0.3, 0.4) is 0 Å². The summed E-state index contributed by atoms with van der Waals surface area (Å²) in [5, 5.41) is 5.26. The Bertz CT molecular complexity index is 962. The number of piperidine rings is 1. The molecule has 150 valence electrons. The summed E-state index contributed by atoms with van der Waals surface area (Å²) in [7, 11) is 0. The summed E-state index contributed by atoms with van der Waals surface area (Å²) < 4.78 is 6.00. The molecule has 4 rings (SSSR count). The summed E-state index contributed by atoms with van der Waals surface area (Å²) in [6.07, 6.45) is 3.90. The van der Waals surface area contributed by atoms with Crippen molar-refractivity contribution in [3.05, 3.63) is 66.7 Å². The fourth-order valence-corrected chi connectivity index (χ4v) is 3.86. The molecular formula is C25H28N2O2. The van der Waals surface area contributed by atoms with Crippen LogP contribution >= 0.6 is 0 Å². The molecule has 0 aromatic heterocycles. The zero-order chi connectivity index (χ0) is 20.1. The summed E-state index contributed by atoms with van der Waals surface area (Å²) in [6.45, 7) is 4.19. The first-order chi connectivity index (χ1) is 14.2. The molecule has 1 saturated heterocycles. The van der Waals surface area contributed by atoms with Crippen LogP contribution in [0.25, 0.3) is 10.8 Å². The second-order valence-electron chi connectivity index (χ2n) is 7.61. The van der Waals surface area contributed by atoms with Crippen molar-refractivity contribution in [2.75, 3.05) is 23.3 Å². The Kier molecular flexibility index (Phi) is 5.99. The van der Waals surface area contributed by atoms with Crippen LogP contribution in [0.2, 0.25) is 0 Å². The molecular weight excluding hydrogens is 360 g/mol. The molecule has 0 aliphatic carbocycles. The molecule has 1 heterocycles. The third-order valence-corrected chi connectivity index (χ3v) is 5.52. The third-order valence-electron chi connectivity index (χ3n) is 5.52. The summed E-state index contributed by atoms with van der Waals surface area (Å²) in [6, 6.07) is 22.2. The average Bonchev–Trinajstić information content (AvgIpc) is 2.78. The van der Waals surface area contributed by atoms with Gasteiger partial charge < -0.3 is 15.0 Å². The molecule has 3 aromatic carbocycles. The molecule has 1 aliphatic rings. The molecule has 0 radical (unpaired) electrons. The average molecular weight is 389 g/mol. The van der Waals surface area contributed by atoms with Gasteiger partial charge in [0.25, 0.3) is 5.91 Å². The fraction of sp³-hybridized carbons (Fsp3) is 0.320. The normalized spacial score (nSPS) is 15.1.